The average Bonchev–Trinajstić information content (AvgIpc) is 2.37. The third kappa shape index (κ3) is 5.33. The smallest absolute Gasteiger partial charge is 0.330 e. The summed E-state index contributed by atoms with van der Waals surface area (Å²) in [5.74, 6) is -1.38. The van der Waals surface area contributed by atoms with Crippen LogP contribution < -0.4 is 5.32 Å². The van der Waals surface area contributed by atoms with Crippen molar-refractivity contribution in [1.82, 2.24) is 4.98 Å². The highest BCUT2D eigenvalue weighted by Crippen LogP contribution is 2.21. The van der Waals surface area contributed by atoms with E-state index in [2.05, 4.69) is 10.3 Å². The number of esters is 1. The fraction of sp³-hybridized carbons (Fsp3) is 0.400. The number of nitrogens with one attached hydrogen (secondary N) is 1. The number of aromatic nitrogens is 1. The zero-order valence-electron chi connectivity index (χ0n) is 12.6. The Morgan fingerprint density at radius 3 is 2.67 bits per heavy atom. The molecule has 1 aromatic heterocycles. The van der Waals surface area contributed by atoms with E-state index in [0.717, 1.165) is 12.3 Å². The zero-order valence-corrected chi connectivity index (χ0v) is 12.6. The van der Waals surface area contributed by atoms with Gasteiger partial charge < -0.3 is 10.1 Å². The highest BCUT2D eigenvalue weighted by atomic mass is 19.1. The van der Waals surface area contributed by atoms with Gasteiger partial charge in [0.2, 0.25) is 5.91 Å². The van der Waals surface area contributed by atoms with Crippen LogP contribution in [0.5, 0.6) is 0 Å². The lowest BCUT2D eigenvalue weighted by Gasteiger charge is -2.18. The number of anilines is 1. The second kappa shape index (κ2) is 6.97. The quantitative estimate of drug-likeness (QED) is 0.685. The van der Waals surface area contributed by atoms with E-state index in [0.29, 0.717) is 0 Å². The van der Waals surface area contributed by atoms with Crippen molar-refractivity contribution >= 4 is 23.6 Å². The SMILES string of the molecule is CCOC(=O)/C=C/c1ncc(F)cc1NC(=O)C(C)(C)C. The van der Waals surface area contributed by atoms with Gasteiger partial charge in [-0.15, -0.1) is 0 Å². The molecule has 1 heterocycles. The van der Waals surface area contributed by atoms with Gasteiger partial charge in [0.15, 0.2) is 0 Å². The summed E-state index contributed by atoms with van der Waals surface area (Å²) in [6.07, 6.45) is 3.56. The monoisotopic (exact) mass is 294 g/mol. The molecule has 0 aliphatic rings. The van der Waals surface area contributed by atoms with Crippen molar-refractivity contribution in [2.24, 2.45) is 5.41 Å². The molecule has 0 aromatic carbocycles. The van der Waals surface area contributed by atoms with Crippen LogP contribution in [0.15, 0.2) is 18.3 Å². The predicted molar refractivity (Wildman–Crippen MR) is 77.9 cm³/mol. The second-order valence-electron chi connectivity index (χ2n) is 5.38. The van der Waals surface area contributed by atoms with Crippen molar-refractivity contribution in [3.05, 3.63) is 29.9 Å². The summed E-state index contributed by atoms with van der Waals surface area (Å²) >= 11 is 0. The van der Waals surface area contributed by atoms with Crippen molar-refractivity contribution in [3.63, 3.8) is 0 Å². The number of hydrogen-bond acceptors (Lipinski definition) is 4. The Morgan fingerprint density at radius 1 is 1.43 bits per heavy atom. The molecule has 0 aliphatic heterocycles. The van der Waals surface area contributed by atoms with E-state index in [4.69, 9.17) is 4.74 Å². The minimum absolute atomic E-state index is 0.204. The third-order valence-corrected chi connectivity index (χ3v) is 2.48. The zero-order chi connectivity index (χ0) is 16.0. The maximum absolute atomic E-state index is 13.3. The van der Waals surface area contributed by atoms with Crippen molar-refractivity contribution in [2.45, 2.75) is 27.7 Å². The molecule has 0 unspecified atom stereocenters. The van der Waals surface area contributed by atoms with Gasteiger partial charge in [0.25, 0.3) is 0 Å². The number of carbonyl (C=O) groups excluding carboxylic acids is 2. The Bertz CT molecular complexity index is 563. The molecule has 6 heteroatoms. The first-order chi connectivity index (χ1) is 9.74. The van der Waals surface area contributed by atoms with E-state index in [1.807, 2.05) is 0 Å². The van der Waals surface area contributed by atoms with Crippen LogP contribution in [-0.4, -0.2) is 23.5 Å². The molecule has 1 amide bonds. The minimum Gasteiger partial charge on any atom is -0.463 e. The summed E-state index contributed by atoms with van der Waals surface area (Å²) in [4.78, 5) is 27.1. The topological polar surface area (TPSA) is 68.3 Å². The summed E-state index contributed by atoms with van der Waals surface area (Å²) in [6, 6.07) is 1.15. The second-order valence-corrected chi connectivity index (χ2v) is 5.38. The first-order valence-electron chi connectivity index (χ1n) is 6.56. The van der Waals surface area contributed by atoms with Gasteiger partial charge in [-0.2, -0.15) is 0 Å². The van der Waals surface area contributed by atoms with Crippen LogP contribution in [0.25, 0.3) is 6.08 Å². The normalized spacial score (nSPS) is 11.5. The number of rotatable bonds is 4. The molecule has 1 rings (SSSR count). The first kappa shape index (κ1) is 16.8. The number of amides is 1. The first-order valence-corrected chi connectivity index (χ1v) is 6.56. The maximum Gasteiger partial charge on any atom is 0.330 e. The van der Waals surface area contributed by atoms with Gasteiger partial charge in [0.05, 0.1) is 24.2 Å². The fourth-order valence-electron chi connectivity index (χ4n) is 1.33. The molecular formula is C15H19FN2O3. The molecule has 21 heavy (non-hydrogen) atoms. The van der Waals surface area contributed by atoms with E-state index in [1.54, 1.807) is 27.7 Å². The van der Waals surface area contributed by atoms with E-state index in [9.17, 15) is 14.0 Å². The van der Waals surface area contributed by atoms with Crippen molar-refractivity contribution in [3.8, 4) is 0 Å². The molecule has 0 spiro atoms. The molecule has 114 valence electrons. The van der Waals surface area contributed by atoms with Crippen LogP contribution in [0.4, 0.5) is 10.1 Å². The van der Waals surface area contributed by atoms with E-state index < -0.39 is 17.2 Å². The van der Waals surface area contributed by atoms with Gasteiger partial charge in [-0.1, -0.05) is 20.8 Å². The van der Waals surface area contributed by atoms with Crippen LogP contribution in [0.2, 0.25) is 0 Å². The number of halogens is 1. The number of nitrogens with zero attached hydrogens (tertiary/aromatic N) is 1. The number of carbonyl (C=O) groups is 2. The Labute approximate surface area is 123 Å². The number of hydrogen-bond donors (Lipinski definition) is 1. The molecule has 0 radical (unpaired) electrons. The highest BCUT2D eigenvalue weighted by molar-refractivity contribution is 5.96. The lowest BCUT2D eigenvalue weighted by atomic mass is 9.95. The average molecular weight is 294 g/mol. The summed E-state index contributed by atoms with van der Waals surface area (Å²) in [5, 5.41) is 2.60. The lowest BCUT2D eigenvalue weighted by molar-refractivity contribution is -0.137. The Kier molecular flexibility index (Phi) is 5.58. The molecule has 0 atom stereocenters. The molecule has 1 N–H and O–H groups in total. The van der Waals surface area contributed by atoms with E-state index >= 15 is 0 Å². The standard InChI is InChI=1S/C15H19FN2O3/c1-5-21-13(19)7-6-11-12(8-10(16)9-17-11)18-14(20)15(2,3)4/h6-9H,5H2,1-4H3,(H,18,20)/b7-6+. The van der Waals surface area contributed by atoms with Gasteiger partial charge in [-0.25, -0.2) is 9.18 Å². The van der Waals surface area contributed by atoms with E-state index in [1.165, 1.54) is 12.2 Å². The molecule has 1 aromatic rings. The molecule has 5 nitrogen and oxygen atoms in total. The van der Waals surface area contributed by atoms with Gasteiger partial charge in [0.1, 0.15) is 5.82 Å². The molecule has 0 bridgehead atoms. The van der Waals surface area contributed by atoms with Crippen LogP contribution in [0, 0.1) is 11.2 Å². The fourth-order valence-corrected chi connectivity index (χ4v) is 1.33. The Morgan fingerprint density at radius 2 is 2.10 bits per heavy atom. The summed E-state index contributed by atoms with van der Waals surface area (Å²) in [7, 11) is 0. The Hall–Kier alpha value is -2.24. The molecular weight excluding hydrogens is 275 g/mol. The van der Waals surface area contributed by atoms with E-state index in [-0.39, 0.29) is 23.9 Å². The number of ether oxygens (including phenoxy) is 1. The van der Waals surface area contributed by atoms with Gasteiger partial charge in [-0.3, -0.25) is 9.78 Å². The number of pyridine rings is 1. The third-order valence-electron chi connectivity index (χ3n) is 2.48. The van der Waals surface area contributed by atoms with Gasteiger partial charge >= 0.3 is 5.97 Å². The minimum atomic E-state index is -0.631. The van der Waals surface area contributed by atoms with Gasteiger partial charge in [-0.05, 0) is 13.0 Å². The van der Waals surface area contributed by atoms with Crippen molar-refractivity contribution < 1.29 is 18.7 Å². The van der Waals surface area contributed by atoms with Crippen LogP contribution in [-0.2, 0) is 14.3 Å². The molecule has 0 aliphatic carbocycles. The van der Waals surface area contributed by atoms with Crippen molar-refractivity contribution in [2.75, 3.05) is 11.9 Å². The predicted octanol–water partition coefficient (Wildman–Crippen LogP) is 2.78. The van der Waals surface area contributed by atoms with Crippen LogP contribution in [0.3, 0.4) is 0 Å². The van der Waals surface area contributed by atoms with Crippen LogP contribution >= 0.6 is 0 Å². The molecule has 0 saturated heterocycles. The largest absolute Gasteiger partial charge is 0.463 e. The Balaban J connectivity index is 3.00. The maximum atomic E-state index is 13.3. The van der Waals surface area contributed by atoms with Crippen LogP contribution in [0.1, 0.15) is 33.4 Å². The van der Waals surface area contributed by atoms with Gasteiger partial charge in [0, 0.05) is 17.6 Å². The lowest BCUT2D eigenvalue weighted by Crippen LogP contribution is -2.28. The molecule has 0 saturated carbocycles. The summed E-state index contributed by atoms with van der Waals surface area (Å²) in [5.41, 5.74) is -0.147. The summed E-state index contributed by atoms with van der Waals surface area (Å²) in [6.45, 7) is 7.17. The highest BCUT2D eigenvalue weighted by Gasteiger charge is 2.22. The van der Waals surface area contributed by atoms with Crippen molar-refractivity contribution in [1.29, 1.82) is 0 Å². The summed E-state index contributed by atoms with van der Waals surface area (Å²) < 4.78 is 18.0. The molecule has 0 fully saturated rings.